The van der Waals surface area contributed by atoms with Crippen molar-refractivity contribution in [2.45, 2.75) is 28.6 Å². The number of nitrogens with one attached hydrogen (secondary N) is 1. The fraction of sp³-hybridized carbons (Fsp3) is 0.222. The zero-order valence-corrected chi connectivity index (χ0v) is 16.3. The molecule has 0 aliphatic carbocycles. The van der Waals surface area contributed by atoms with E-state index in [1.807, 2.05) is 0 Å². The van der Waals surface area contributed by atoms with Gasteiger partial charge in [-0.15, -0.1) is 11.6 Å². The van der Waals surface area contributed by atoms with Crippen LogP contribution in [0.25, 0.3) is 11.5 Å². The number of rotatable bonds is 7. The Morgan fingerprint density at radius 1 is 1.21 bits per heavy atom. The van der Waals surface area contributed by atoms with Crippen LogP contribution in [0, 0.1) is 0 Å². The van der Waals surface area contributed by atoms with Gasteiger partial charge < -0.3 is 9.84 Å². The first-order valence-electron chi connectivity index (χ1n) is 8.33. The minimum Gasteiger partial charge on any atom is -0.339 e. The van der Waals surface area contributed by atoms with E-state index in [0.29, 0.717) is 23.3 Å². The van der Waals surface area contributed by atoms with E-state index in [0.717, 1.165) is 0 Å². The predicted octanol–water partition coefficient (Wildman–Crippen LogP) is 4.92. The molecular formula is C18H14ClF3N4O2S. The number of benzene rings is 1. The first kappa shape index (κ1) is 21.1. The van der Waals surface area contributed by atoms with E-state index in [9.17, 15) is 18.0 Å². The number of hydrogen-bond acceptors (Lipinski definition) is 6. The van der Waals surface area contributed by atoms with Crippen molar-refractivity contribution >= 4 is 35.0 Å². The summed E-state index contributed by atoms with van der Waals surface area (Å²) in [6, 6.07) is 11.4. The van der Waals surface area contributed by atoms with Gasteiger partial charge in [0.2, 0.25) is 17.6 Å². The molecule has 3 rings (SSSR count). The molecule has 1 N–H and O–H groups in total. The third kappa shape index (κ3) is 5.94. The summed E-state index contributed by atoms with van der Waals surface area (Å²) in [5, 5.41) is 6.40. The average molecular weight is 443 g/mol. The first-order chi connectivity index (χ1) is 13.8. The SMILES string of the molecule is O=C(CCc1nc(-c2ccccn2)no1)Nc1ccccc1SC(Cl)C(F)(F)F. The predicted molar refractivity (Wildman–Crippen MR) is 102 cm³/mol. The van der Waals surface area contributed by atoms with Crippen molar-refractivity contribution < 1.29 is 22.5 Å². The number of thioether (sulfide) groups is 1. The van der Waals surface area contributed by atoms with Crippen molar-refractivity contribution in [3.05, 3.63) is 54.6 Å². The molecule has 6 nitrogen and oxygen atoms in total. The quantitative estimate of drug-likeness (QED) is 0.413. The van der Waals surface area contributed by atoms with Crippen LogP contribution in [-0.4, -0.2) is 31.9 Å². The third-order valence-corrected chi connectivity index (χ3v) is 5.18. The summed E-state index contributed by atoms with van der Waals surface area (Å²) < 4.78 is 41.1. The molecule has 1 amide bonds. The van der Waals surface area contributed by atoms with Gasteiger partial charge in [-0.05, 0) is 24.3 Å². The largest absolute Gasteiger partial charge is 0.414 e. The summed E-state index contributed by atoms with van der Waals surface area (Å²) >= 11 is 5.80. The van der Waals surface area contributed by atoms with E-state index in [2.05, 4.69) is 20.4 Å². The Labute approximate surface area is 172 Å². The van der Waals surface area contributed by atoms with Crippen molar-refractivity contribution in [3.63, 3.8) is 0 Å². The van der Waals surface area contributed by atoms with Crippen molar-refractivity contribution in [1.29, 1.82) is 0 Å². The Bertz CT molecular complexity index is 969. The van der Waals surface area contributed by atoms with Crippen LogP contribution in [0.1, 0.15) is 12.3 Å². The molecule has 1 aromatic carbocycles. The highest BCUT2D eigenvalue weighted by Gasteiger charge is 2.39. The molecule has 2 heterocycles. The Balaban J connectivity index is 1.59. The van der Waals surface area contributed by atoms with Gasteiger partial charge >= 0.3 is 6.18 Å². The number of pyridine rings is 1. The molecule has 2 aromatic heterocycles. The molecule has 0 bridgehead atoms. The maximum atomic E-state index is 12.7. The van der Waals surface area contributed by atoms with Gasteiger partial charge in [0, 0.05) is 23.9 Å². The lowest BCUT2D eigenvalue weighted by Crippen LogP contribution is -2.20. The zero-order chi connectivity index (χ0) is 20.9. The van der Waals surface area contributed by atoms with E-state index >= 15 is 0 Å². The number of alkyl halides is 4. The summed E-state index contributed by atoms with van der Waals surface area (Å²) in [7, 11) is 0. The molecule has 0 spiro atoms. The third-order valence-electron chi connectivity index (χ3n) is 3.58. The van der Waals surface area contributed by atoms with Gasteiger partial charge in [-0.2, -0.15) is 18.2 Å². The number of anilines is 1. The highest BCUT2D eigenvalue weighted by Crippen LogP contribution is 2.40. The number of aryl methyl sites for hydroxylation is 1. The molecule has 1 atom stereocenters. The number of nitrogens with zero attached hydrogens (tertiary/aromatic N) is 3. The number of para-hydroxylation sites is 1. The lowest BCUT2D eigenvalue weighted by Gasteiger charge is -2.15. The zero-order valence-electron chi connectivity index (χ0n) is 14.7. The number of halogens is 4. The lowest BCUT2D eigenvalue weighted by atomic mass is 10.2. The first-order valence-corrected chi connectivity index (χ1v) is 9.65. The fourth-order valence-electron chi connectivity index (χ4n) is 2.24. The summed E-state index contributed by atoms with van der Waals surface area (Å²) in [6.45, 7) is 0. The van der Waals surface area contributed by atoms with Crippen molar-refractivity contribution in [2.24, 2.45) is 0 Å². The molecule has 0 fully saturated rings. The van der Waals surface area contributed by atoms with Crippen LogP contribution in [0.15, 0.2) is 58.1 Å². The van der Waals surface area contributed by atoms with Gasteiger partial charge in [0.25, 0.3) is 0 Å². The minimum atomic E-state index is -4.56. The average Bonchev–Trinajstić information content (AvgIpc) is 3.17. The Hall–Kier alpha value is -2.59. The maximum absolute atomic E-state index is 12.7. The monoisotopic (exact) mass is 442 g/mol. The van der Waals surface area contributed by atoms with Crippen LogP contribution in [-0.2, 0) is 11.2 Å². The summed E-state index contributed by atoms with van der Waals surface area (Å²) in [4.78, 5) is 20.7. The number of hydrogen-bond donors (Lipinski definition) is 1. The molecule has 0 aliphatic rings. The Morgan fingerprint density at radius 2 is 1.97 bits per heavy atom. The highest BCUT2D eigenvalue weighted by molar-refractivity contribution is 8.01. The highest BCUT2D eigenvalue weighted by atomic mass is 35.5. The molecule has 0 saturated carbocycles. The minimum absolute atomic E-state index is 0.00638. The Morgan fingerprint density at radius 3 is 2.69 bits per heavy atom. The second-order valence-corrected chi connectivity index (χ2v) is 7.59. The van der Waals surface area contributed by atoms with Gasteiger partial charge in [-0.1, -0.05) is 35.1 Å². The summed E-state index contributed by atoms with van der Waals surface area (Å²) in [5.41, 5.74) is 0.787. The second kappa shape index (κ2) is 9.27. The molecule has 0 radical (unpaired) electrons. The van der Waals surface area contributed by atoms with Crippen LogP contribution in [0.5, 0.6) is 0 Å². The summed E-state index contributed by atoms with van der Waals surface area (Å²) in [6.07, 6.45) is -2.79. The van der Waals surface area contributed by atoms with E-state index in [-0.39, 0.29) is 29.3 Å². The van der Waals surface area contributed by atoms with Gasteiger partial charge in [0.1, 0.15) is 5.69 Å². The molecule has 152 valence electrons. The molecule has 29 heavy (non-hydrogen) atoms. The van der Waals surface area contributed by atoms with Gasteiger partial charge in [0.15, 0.2) is 4.71 Å². The van der Waals surface area contributed by atoms with Crippen LogP contribution < -0.4 is 5.32 Å². The molecule has 0 aliphatic heterocycles. The lowest BCUT2D eigenvalue weighted by molar-refractivity contribution is -0.116. The topological polar surface area (TPSA) is 80.9 Å². The molecule has 0 saturated heterocycles. The Kier molecular flexibility index (Phi) is 6.75. The van der Waals surface area contributed by atoms with Crippen LogP contribution in [0.3, 0.4) is 0 Å². The van der Waals surface area contributed by atoms with Crippen molar-refractivity contribution in [1.82, 2.24) is 15.1 Å². The van der Waals surface area contributed by atoms with Gasteiger partial charge in [0.05, 0.1) is 5.69 Å². The summed E-state index contributed by atoms with van der Waals surface area (Å²) in [5.74, 6) is 0.151. The molecule has 11 heteroatoms. The van der Waals surface area contributed by atoms with Crippen molar-refractivity contribution in [2.75, 3.05) is 5.32 Å². The van der Waals surface area contributed by atoms with Crippen LogP contribution in [0.2, 0.25) is 0 Å². The van der Waals surface area contributed by atoms with Gasteiger partial charge in [-0.25, -0.2) is 0 Å². The normalized spacial score (nSPS) is 12.6. The maximum Gasteiger partial charge on any atom is 0.414 e. The van der Waals surface area contributed by atoms with E-state index < -0.39 is 16.8 Å². The van der Waals surface area contributed by atoms with Crippen LogP contribution >= 0.6 is 23.4 Å². The molecular weight excluding hydrogens is 429 g/mol. The molecule has 3 aromatic rings. The standard InChI is InChI=1S/C18H14ClF3N4O2S/c19-17(18(20,21)22)29-13-7-2-1-5-11(13)24-14(27)8-9-15-25-16(26-28-15)12-6-3-4-10-23-12/h1-7,10,17H,8-9H2,(H,24,27). The van der Waals surface area contributed by atoms with Gasteiger partial charge in [-0.3, -0.25) is 9.78 Å². The van der Waals surface area contributed by atoms with E-state index in [4.69, 9.17) is 16.1 Å². The number of aromatic nitrogens is 3. The van der Waals surface area contributed by atoms with E-state index in [1.165, 1.54) is 12.1 Å². The van der Waals surface area contributed by atoms with Crippen LogP contribution in [0.4, 0.5) is 18.9 Å². The van der Waals surface area contributed by atoms with E-state index in [1.54, 1.807) is 36.5 Å². The number of amides is 1. The fourth-order valence-corrected chi connectivity index (χ4v) is 3.29. The molecule has 1 unspecified atom stereocenters. The van der Waals surface area contributed by atoms with Crippen molar-refractivity contribution in [3.8, 4) is 11.5 Å². The number of carbonyl (C=O) groups is 1. The number of carbonyl (C=O) groups excluding carboxylic acids is 1. The second-order valence-electron chi connectivity index (χ2n) is 5.75. The smallest absolute Gasteiger partial charge is 0.339 e.